The minimum atomic E-state index is -1.24. The number of amides is 4. The van der Waals surface area contributed by atoms with Gasteiger partial charge in [0, 0.05) is 13.1 Å². The quantitative estimate of drug-likeness (QED) is 0.801. The number of benzene rings is 1. The van der Waals surface area contributed by atoms with Gasteiger partial charge in [0.15, 0.2) is 11.5 Å². The number of ether oxygens (including phenoxy) is 2. The second-order valence-corrected chi connectivity index (χ2v) is 7.66. The van der Waals surface area contributed by atoms with E-state index in [2.05, 4.69) is 5.32 Å². The minimum absolute atomic E-state index is 0.131. The monoisotopic (exact) mass is 387 g/mol. The van der Waals surface area contributed by atoms with Crippen molar-refractivity contribution in [3.63, 3.8) is 0 Å². The Labute approximate surface area is 163 Å². The SMILES string of the molecule is C[C@@]1(c2ccc3c(c2)OCO3)NC(=O)N(CC(=O)N2CCCCCCC2)C1=O. The molecule has 28 heavy (non-hydrogen) atoms. The first-order chi connectivity index (χ1) is 13.5. The lowest BCUT2D eigenvalue weighted by Gasteiger charge is -2.27. The van der Waals surface area contributed by atoms with Gasteiger partial charge in [0.2, 0.25) is 12.7 Å². The Morgan fingerprint density at radius 1 is 1.07 bits per heavy atom. The molecule has 8 heteroatoms. The van der Waals surface area contributed by atoms with Gasteiger partial charge in [-0.2, -0.15) is 0 Å². The van der Waals surface area contributed by atoms with Crippen molar-refractivity contribution in [1.29, 1.82) is 0 Å². The van der Waals surface area contributed by atoms with Crippen LogP contribution in [0.3, 0.4) is 0 Å². The van der Waals surface area contributed by atoms with E-state index in [1.807, 2.05) is 0 Å². The van der Waals surface area contributed by atoms with Crippen LogP contribution in [0, 0.1) is 0 Å². The summed E-state index contributed by atoms with van der Waals surface area (Å²) in [7, 11) is 0. The fourth-order valence-corrected chi connectivity index (χ4v) is 3.98. The van der Waals surface area contributed by atoms with Gasteiger partial charge in [-0.15, -0.1) is 0 Å². The Hall–Kier alpha value is -2.77. The summed E-state index contributed by atoms with van der Waals surface area (Å²) in [4.78, 5) is 41.1. The number of hydrogen-bond acceptors (Lipinski definition) is 5. The standard InChI is InChI=1S/C20H25N3O5/c1-20(14-7-8-15-16(11-14)28-13-27-15)18(25)23(19(26)21-20)12-17(24)22-9-5-3-2-4-6-10-22/h7-8,11H,2-6,9-10,12-13H2,1H3,(H,21,26)/t20-/m0/s1. The van der Waals surface area contributed by atoms with E-state index in [0.717, 1.165) is 30.6 Å². The normalized spacial score (nSPS) is 24.8. The van der Waals surface area contributed by atoms with Gasteiger partial charge in [0.25, 0.3) is 5.91 Å². The molecule has 3 aliphatic rings. The lowest BCUT2D eigenvalue weighted by Crippen LogP contribution is -2.45. The number of fused-ring (bicyclic) bond motifs is 1. The van der Waals surface area contributed by atoms with E-state index >= 15 is 0 Å². The molecule has 2 saturated heterocycles. The van der Waals surface area contributed by atoms with E-state index < -0.39 is 17.5 Å². The van der Waals surface area contributed by atoms with Gasteiger partial charge >= 0.3 is 6.03 Å². The highest BCUT2D eigenvalue weighted by Gasteiger charge is 2.50. The van der Waals surface area contributed by atoms with E-state index in [1.54, 1.807) is 30.0 Å². The average Bonchev–Trinajstić information content (AvgIpc) is 3.20. The molecule has 0 radical (unpaired) electrons. The van der Waals surface area contributed by atoms with Crippen LogP contribution in [0.2, 0.25) is 0 Å². The van der Waals surface area contributed by atoms with Crippen LogP contribution in [-0.2, 0) is 15.1 Å². The van der Waals surface area contributed by atoms with E-state index in [9.17, 15) is 14.4 Å². The zero-order valence-corrected chi connectivity index (χ0v) is 16.0. The van der Waals surface area contributed by atoms with Gasteiger partial charge in [-0.3, -0.25) is 14.5 Å². The maximum absolute atomic E-state index is 13.1. The number of nitrogens with one attached hydrogen (secondary N) is 1. The number of imide groups is 1. The van der Waals surface area contributed by atoms with E-state index in [0.29, 0.717) is 30.2 Å². The summed E-state index contributed by atoms with van der Waals surface area (Å²) < 4.78 is 10.7. The molecule has 150 valence electrons. The van der Waals surface area contributed by atoms with Crippen LogP contribution in [0.5, 0.6) is 11.5 Å². The molecule has 4 amide bonds. The van der Waals surface area contributed by atoms with Crippen LogP contribution in [0.4, 0.5) is 4.79 Å². The summed E-state index contributed by atoms with van der Waals surface area (Å²) in [5.74, 6) is 0.529. The molecule has 0 bridgehead atoms. The fourth-order valence-electron chi connectivity index (χ4n) is 3.98. The third-order valence-electron chi connectivity index (χ3n) is 5.73. The largest absolute Gasteiger partial charge is 0.454 e. The maximum atomic E-state index is 13.1. The summed E-state index contributed by atoms with van der Waals surface area (Å²) in [5, 5.41) is 2.74. The van der Waals surface area contributed by atoms with Gasteiger partial charge in [-0.1, -0.05) is 25.3 Å². The van der Waals surface area contributed by atoms with Crippen molar-refractivity contribution < 1.29 is 23.9 Å². The third kappa shape index (κ3) is 3.27. The Morgan fingerprint density at radius 2 is 1.75 bits per heavy atom. The topological polar surface area (TPSA) is 88.2 Å². The number of hydrogen-bond donors (Lipinski definition) is 1. The Morgan fingerprint density at radius 3 is 2.50 bits per heavy atom. The Kier molecular flexibility index (Phi) is 4.87. The average molecular weight is 387 g/mol. The molecule has 0 aromatic heterocycles. The predicted molar refractivity (Wildman–Crippen MR) is 99.8 cm³/mol. The number of rotatable bonds is 3. The molecule has 1 atom stereocenters. The first-order valence-corrected chi connectivity index (χ1v) is 9.81. The lowest BCUT2D eigenvalue weighted by molar-refractivity contribution is -0.139. The molecular weight excluding hydrogens is 362 g/mol. The highest BCUT2D eigenvalue weighted by Crippen LogP contribution is 2.37. The Balaban J connectivity index is 1.49. The highest BCUT2D eigenvalue weighted by molar-refractivity contribution is 6.09. The summed E-state index contributed by atoms with van der Waals surface area (Å²) >= 11 is 0. The van der Waals surface area contributed by atoms with Gasteiger partial charge in [0.05, 0.1) is 0 Å². The first kappa shape index (κ1) is 18.6. The van der Waals surface area contributed by atoms with Gasteiger partial charge in [0.1, 0.15) is 12.1 Å². The summed E-state index contributed by atoms with van der Waals surface area (Å²) in [6.45, 7) is 2.91. The van der Waals surface area contributed by atoms with Gasteiger partial charge in [-0.05, 0) is 37.5 Å². The summed E-state index contributed by atoms with van der Waals surface area (Å²) in [6, 6.07) is 4.60. The fraction of sp³-hybridized carbons (Fsp3) is 0.550. The second kappa shape index (κ2) is 7.33. The number of carbonyl (C=O) groups is 3. The number of nitrogens with zero attached hydrogens (tertiary/aromatic N) is 2. The molecule has 0 aliphatic carbocycles. The molecule has 1 aromatic rings. The number of urea groups is 1. The zero-order chi connectivity index (χ0) is 19.7. The zero-order valence-electron chi connectivity index (χ0n) is 16.0. The maximum Gasteiger partial charge on any atom is 0.325 e. The van der Waals surface area contributed by atoms with E-state index in [4.69, 9.17) is 9.47 Å². The molecule has 0 unspecified atom stereocenters. The van der Waals surface area contributed by atoms with Crippen LogP contribution in [0.25, 0.3) is 0 Å². The van der Waals surface area contributed by atoms with E-state index in [1.165, 1.54) is 6.42 Å². The van der Waals surface area contributed by atoms with Gasteiger partial charge in [-0.25, -0.2) is 4.79 Å². The van der Waals surface area contributed by atoms with Crippen LogP contribution >= 0.6 is 0 Å². The Bertz CT molecular complexity index is 803. The van der Waals surface area contributed by atoms with Crippen molar-refractivity contribution in [3.05, 3.63) is 23.8 Å². The molecular formula is C20H25N3O5. The molecule has 0 saturated carbocycles. The van der Waals surface area contributed by atoms with Crippen molar-refractivity contribution in [3.8, 4) is 11.5 Å². The van der Waals surface area contributed by atoms with E-state index in [-0.39, 0.29) is 19.2 Å². The van der Waals surface area contributed by atoms with Crippen LogP contribution < -0.4 is 14.8 Å². The van der Waals surface area contributed by atoms with Crippen LogP contribution in [0.1, 0.15) is 44.6 Å². The minimum Gasteiger partial charge on any atom is -0.454 e. The van der Waals surface area contributed by atoms with Crippen molar-refractivity contribution in [1.82, 2.24) is 15.1 Å². The molecule has 1 aromatic carbocycles. The first-order valence-electron chi connectivity index (χ1n) is 9.81. The van der Waals surface area contributed by atoms with Crippen molar-refractivity contribution in [2.75, 3.05) is 26.4 Å². The molecule has 4 rings (SSSR count). The molecule has 3 aliphatic heterocycles. The smallest absolute Gasteiger partial charge is 0.325 e. The molecule has 3 heterocycles. The van der Waals surface area contributed by atoms with Crippen molar-refractivity contribution >= 4 is 17.8 Å². The summed E-state index contributed by atoms with van der Waals surface area (Å²) in [5.41, 5.74) is -0.648. The van der Waals surface area contributed by atoms with Crippen LogP contribution in [-0.4, -0.2) is 54.1 Å². The van der Waals surface area contributed by atoms with Crippen LogP contribution in [0.15, 0.2) is 18.2 Å². The number of carbonyl (C=O) groups excluding carboxylic acids is 3. The summed E-state index contributed by atoms with van der Waals surface area (Å²) in [6.07, 6.45) is 5.33. The molecule has 2 fully saturated rings. The van der Waals surface area contributed by atoms with Gasteiger partial charge < -0.3 is 19.7 Å². The second-order valence-electron chi connectivity index (χ2n) is 7.66. The van der Waals surface area contributed by atoms with Crippen molar-refractivity contribution in [2.45, 2.75) is 44.6 Å². The molecule has 1 N–H and O–H groups in total. The molecule has 8 nitrogen and oxygen atoms in total. The van der Waals surface area contributed by atoms with Crippen molar-refractivity contribution in [2.24, 2.45) is 0 Å². The number of likely N-dealkylation sites (tertiary alicyclic amines) is 1. The third-order valence-corrected chi connectivity index (χ3v) is 5.73. The predicted octanol–water partition coefficient (Wildman–Crippen LogP) is 1.97. The molecule has 0 spiro atoms. The lowest BCUT2D eigenvalue weighted by atomic mass is 9.91. The highest BCUT2D eigenvalue weighted by atomic mass is 16.7.